The van der Waals surface area contributed by atoms with E-state index in [0.717, 1.165) is 29.6 Å². The minimum Gasteiger partial charge on any atom is -0.469 e. The maximum Gasteiger partial charge on any atom is 0.312 e. The molecule has 2 nitrogen and oxygen atoms in total. The molecule has 0 amide bonds. The van der Waals surface area contributed by atoms with E-state index in [1.807, 2.05) is 0 Å². The molecule has 0 spiro atoms. The van der Waals surface area contributed by atoms with E-state index in [0.29, 0.717) is 0 Å². The molecule has 2 heteroatoms. The normalized spacial score (nSPS) is 71.5. The van der Waals surface area contributed by atoms with Gasteiger partial charge >= 0.3 is 5.97 Å². The van der Waals surface area contributed by atoms with Gasteiger partial charge in [-0.15, -0.1) is 0 Å². The van der Waals surface area contributed by atoms with Gasteiger partial charge in [-0.25, -0.2) is 0 Å². The van der Waals surface area contributed by atoms with Crippen LogP contribution in [0.15, 0.2) is 0 Å². The molecular weight excluding hydrogens is 140 g/mol. The fourth-order valence-electron chi connectivity index (χ4n) is 4.55. The lowest BCUT2D eigenvalue weighted by Gasteiger charge is -2.21. The Morgan fingerprint density at radius 1 is 1.55 bits per heavy atom. The molecule has 0 N–H and O–H groups in total. The second-order valence-electron chi connectivity index (χ2n) is 4.56. The average molecular weight is 150 g/mol. The fourth-order valence-corrected chi connectivity index (χ4v) is 4.55. The van der Waals surface area contributed by atoms with Crippen molar-refractivity contribution in [3.05, 3.63) is 0 Å². The van der Waals surface area contributed by atoms with Crippen LogP contribution >= 0.6 is 0 Å². The highest BCUT2D eigenvalue weighted by Crippen LogP contribution is 2.98. The molecular formula is C9H10O2. The summed E-state index contributed by atoms with van der Waals surface area (Å²) < 4.78 is 4.85. The zero-order valence-corrected chi connectivity index (χ0v) is 6.41. The maximum atomic E-state index is 11.4. The molecule has 5 saturated carbocycles. The Morgan fingerprint density at radius 3 is 2.73 bits per heavy atom. The highest BCUT2D eigenvalue weighted by atomic mass is 16.5. The number of methoxy groups -OCH3 is 1. The first kappa shape index (κ1) is 5.18. The van der Waals surface area contributed by atoms with Gasteiger partial charge in [0.2, 0.25) is 0 Å². The third-order valence-corrected chi connectivity index (χ3v) is 4.75. The van der Waals surface area contributed by atoms with E-state index in [-0.39, 0.29) is 11.4 Å². The topological polar surface area (TPSA) is 26.3 Å². The molecule has 2 bridgehead atoms. The molecule has 11 heavy (non-hydrogen) atoms. The van der Waals surface area contributed by atoms with Crippen LogP contribution < -0.4 is 0 Å². The van der Waals surface area contributed by atoms with Gasteiger partial charge < -0.3 is 4.74 Å². The first-order valence-corrected chi connectivity index (χ1v) is 4.42. The van der Waals surface area contributed by atoms with Crippen LogP contribution in [0, 0.1) is 35.0 Å². The van der Waals surface area contributed by atoms with Crippen LogP contribution in [0.4, 0.5) is 0 Å². The van der Waals surface area contributed by atoms with Crippen molar-refractivity contribution in [2.24, 2.45) is 35.0 Å². The summed E-state index contributed by atoms with van der Waals surface area (Å²) in [5, 5.41) is 0. The van der Waals surface area contributed by atoms with Crippen molar-refractivity contribution in [3.63, 3.8) is 0 Å². The van der Waals surface area contributed by atoms with Crippen molar-refractivity contribution < 1.29 is 9.53 Å². The SMILES string of the molecule is COC(=O)C12C3CC4C(C41)C32. The third-order valence-electron chi connectivity index (χ3n) is 4.75. The molecule has 0 aromatic carbocycles. The largest absolute Gasteiger partial charge is 0.469 e. The highest BCUT2D eigenvalue weighted by Gasteiger charge is 2.99. The molecule has 0 aliphatic heterocycles. The first-order chi connectivity index (χ1) is 5.33. The summed E-state index contributed by atoms with van der Waals surface area (Å²) in [5.41, 5.74) is 0.101. The number of rotatable bonds is 1. The van der Waals surface area contributed by atoms with Crippen LogP contribution in [-0.2, 0) is 9.53 Å². The second-order valence-corrected chi connectivity index (χ2v) is 4.56. The molecule has 0 aromatic rings. The maximum absolute atomic E-state index is 11.4. The van der Waals surface area contributed by atoms with Crippen LogP contribution in [0.3, 0.4) is 0 Å². The van der Waals surface area contributed by atoms with Crippen molar-refractivity contribution in [1.82, 2.24) is 0 Å². The van der Waals surface area contributed by atoms with Crippen LogP contribution in [0.25, 0.3) is 0 Å². The quantitative estimate of drug-likeness (QED) is 0.513. The predicted molar refractivity (Wildman–Crippen MR) is 36.5 cm³/mol. The summed E-state index contributed by atoms with van der Waals surface area (Å²) in [7, 11) is 1.53. The smallest absolute Gasteiger partial charge is 0.312 e. The van der Waals surface area contributed by atoms with Gasteiger partial charge in [-0.2, -0.15) is 0 Å². The zero-order valence-electron chi connectivity index (χ0n) is 6.41. The molecule has 0 aromatic heterocycles. The van der Waals surface area contributed by atoms with E-state index in [9.17, 15) is 4.79 Å². The molecule has 5 aliphatic rings. The Morgan fingerprint density at radius 2 is 2.36 bits per heavy atom. The molecule has 58 valence electrons. The number of esters is 1. The Hall–Kier alpha value is -0.530. The number of carbonyl (C=O) groups is 1. The van der Waals surface area contributed by atoms with E-state index in [2.05, 4.69) is 0 Å². The number of hydrogen-bond acceptors (Lipinski definition) is 2. The lowest BCUT2D eigenvalue weighted by atomic mass is 9.85. The summed E-state index contributed by atoms with van der Waals surface area (Å²) in [6, 6.07) is 0. The van der Waals surface area contributed by atoms with E-state index in [4.69, 9.17) is 4.74 Å². The molecule has 6 unspecified atom stereocenters. The predicted octanol–water partition coefficient (Wildman–Crippen LogP) is 0.671. The second kappa shape index (κ2) is 1.05. The Balaban J connectivity index is 1.82. The van der Waals surface area contributed by atoms with Gasteiger partial charge in [-0.3, -0.25) is 4.79 Å². The van der Waals surface area contributed by atoms with Crippen LogP contribution in [0.1, 0.15) is 6.42 Å². The van der Waals surface area contributed by atoms with E-state index in [1.165, 1.54) is 13.5 Å². The number of hydrogen-bond donors (Lipinski definition) is 0. The summed E-state index contributed by atoms with van der Waals surface area (Å²) in [5.74, 6) is 4.35. The number of carbonyl (C=O) groups excluding carboxylic acids is 1. The minimum absolute atomic E-state index is 0.101. The lowest BCUT2D eigenvalue weighted by Crippen LogP contribution is -2.29. The van der Waals surface area contributed by atoms with Gasteiger partial charge in [0, 0.05) is 0 Å². The molecule has 0 radical (unpaired) electrons. The van der Waals surface area contributed by atoms with Crippen molar-refractivity contribution in [2.75, 3.05) is 7.11 Å². The summed E-state index contributed by atoms with van der Waals surface area (Å²) in [6.07, 6.45) is 1.34. The molecule has 0 heterocycles. The Labute approximate surface area is 64.9 Å². The van der Waals surface area contributed by atoms with Gasteiger partial charge in [0.05, 0.1) is 12.5 Å². The van der Waals surface area contributed by atoms with Crippen molar-refractivity contribution in [3.8, 4) is 0 Å². The van der Waals surface area contributed by atoms with E-state index < -0.39 is 0 Å². The van der Waals surface area contributed by atoms with Crippen LogP contribution in [-0.4, -0.2) is 13.1 Å². The number of ether oxygens (including phenoxy) is 1. The van der Waals surface area contributed by atoms with Crippen molar-refractivity contribution >= 4 is 5.97 Å². The third kappa shape index (κ3) is 0.256. The monoisotopic (exact) mass is 150 g/mol. The van der Waals surface area contributed by atoms with Gasteiger partial charge in [0.1, 0.15) is 0 Å². The van der Waals surface area contributed by atoms with E-state index >= 15 is 0 Å². The molecule has 0 saturated heterocycles. The molecule has 5 aliphatic carbocycles. The molecule has 6 atom stereocenters. The molecule has 5 rings (SSSR count). The van der Waals surface area contributed by atoms with Crippen LogP contribution in [0.5, 0.6) is 0 Å². The van der Waals surface area contributed by atoms with Gasteiger partial charge in [-0.1, -0.05) is 0 Å². The summed E-state index contributed by atoms with van der Waals surface area (Å²) >= 11 is 0. The van der Waals surface area contributed by atoms with Gasteiger partial charge in [0.25, 0.3) is 0 Å². The Bertz CT molecular complexity index is 264. The first-order valence-electron chi connectivity index (χ1n) is 4.42. The highest BCUT2D eigenvalue weighted by molar-refractivity contribution is 5.87. The van der Waals surface area contributed by atoms with E-state index in [1.54, 1.807) is 0 Å². The van der Waals surface area contributed by atoms with Gasteiger partial charge in [0.15, 0.2) is 0 Å². The van der Waals surface area contributed by atoms with Gasteiger partial charge in [-0.05, 0) is 36.0 Å². The minimum atomic E-state index is 0.101. The standard InChI is InChI=1S/C9H10O2/c1-11-8(10)9-4-2-3-5(6(3)9)7(4)9/h3-7H,2H2,1H3. The fraction of sp³-hybridized carbons (Fsp3) is 0.889. The van der Waals surface area contributed by atoms with Crippen LogP contribution in [0.2, 0.25) is 0 Å². The zero-order chi connectivity index (χ0) is 7.38. The average Bonchev–Trinajstić information content (AvgIpc) is 2.64. The van der Waals surface area contributed by atoms with Crippen molar-refractivity contribution in [2.45, 2.75) is 6.42 Å². The summed E-state index contributed by atoms with van der Waals surface area (Å²) in [6.45, 7) is 0. The van der Waals surface area contributed by atoms with Crippen molar-refractivity contribution in [1.29, 1.82) is 0 Å². The summed E-state index contributed by atoms with van der Waals surface area (Å²) in [4.78, 5) is 11.4. The lowest BCUT2D eigenvalue weighted by molar-refractivity contribution is -0.151. The molecule has 5 fully saturated rings. The Kier molecular flexibility index (Phi) is 0.493.